The van der Waals surface area contributed by atoms with Gasteiger partial charge in [-0.3, -0.25) is 19.3 Å². The van der Waals surface area contributed by atoms with Gasteiger partial charge in [0.05, 0.1) is 27.1 Å². The van der Waals surface area contributed by atoms with E-state index in [0.717, 1.165) is 0 Å². The fourth-order valence-electron chi connectivity index (χ4n) is 1.13. The first kappa shape index (κ1) is 16.4. The van der Waals surface area contributed by atoms with Crippen LogP contribution in [-0.4, -0.2) is 56.8 Å². The van der Waals surface area contributed by atoms with Crippen LogP contribution in [0.1, 0.15) is 19.8 Å². The minimum Gasteiger partial charge on any atom is -0.469 e. The van der Waals surface area contributed by atoms with E-state index < -0.39 is 5.97 Å². The lowest BCUT2D eigenvalue weighted by atomic mass is 10.3. The van der Waals surface area contributed by atoms with E-state index in [9.17, 15) is 14.4 Å². The smallest absolute Gasteiger partial charge is 0.306 e. The molecule has 0 atom stereocenters. The van der Waals surface area contributed by atoms with Crippen LogP contribution in [0, 0.1) is 0 Å². The Morgan fingerprint density at radius 2 is 1.39 bits per heavy atom. The average Bonchev–Trinajstić information content (AvgIpc) is 2.36. The third-order valence-electron chi connectivity index (χ3n) is 2.17. The molecule has 0 aromatic rings. The Bertz CT molecular complexity index is 271. The van der Waals surface area contributed by atoms with E-state index in [1.807, 2.05) is 0 Å². The lowest BCUT2D eigenvalue weighted by Crippen LogP contribution is -2.32. The van der Waals surface area contributed by atoms with Crippen LogP contribution in [0.3, 0.4) is 0 Å². The fourth-order valence-corrected chi connectivity index (χ4v) is 1.13. The molecule has 0 aliphatic carbocycles. The van der Waals surface area contributed by atoms with Crippen molar-refractivity contribution >= 4 is 17.9 Å². The number of hydrogen-bond donors (Lipinski definition) is 0. The number of ether oxygens (including phenoxy) is 3. The first-order valence-electron chi connectivity index (χ1n) is 5.49. The minimum atomic E-state index is -0.420. The molecule has 0 saturated heterocycles. The van der Waals surface area contributed by atoms with Gasteiger partial charge in [0.1, 0.15) is 6.73 Å². The molecule has 7 nitrogen and oxygen atoms in total. The number of hydrogen-bond acceptors (Lipinski definition) is 7. The molecule has 0 fully saturated rings. The molecule has 0 N–H and O–H groups in total. The van der Waals surface area contributed by atoms with Crippen molar-refractivity contribution in [1.82, 2.24) is 4.90 Å². The summed E-state index contributed by atoms with van der Waals surface area (Å²) in [5.74, 6) is -1.14. The molecule has 0 aromatic carbocycles. The molecule has 104 valence electrons. The van der Waals surface area contributed by atoms with Gasteiger partial charge in [-0.25, -0.2) is 0 Å². The van der Waals surface area contributed by atoms with Crippen LogP contribution in [0.5, 0.6) is 0 Å². The van der Waals surface area contributed by atoms with Gasteiger partial charge < -0.3 is 14.2 Å². The average molecular weight is 261 g/mol. The van der Waals surface area contributed by atoms with Crippen molar-refractivity contribution in [3.8, 4) is 0 Å². The fraction of sp³-hybridized carbons (Fsp3) is 0.727. The standard InChI is InChI=1S/C11H19NO6/c1-9(13)18-8-12(6-4-10(14)16-2)7-5-11(15)17-3/h4-8H2,1-3H3. The Balaban J connectivity index is 4.10. The third-order valence-corrected chi connectivity index (χ3v) is 2.17. The minimum absolute atomic E-state index is 0.0311. The molecule has 0 aromatic heterocycles. The van der Waals surface area contributed by atoms with Gasteiger partial charge in [-0.2, -0.15) is 0 Å². The van der Waals surface area contributed by atoms with Gasteiger partial charge in [0.25, 0.3) is 0 Å². The lowest BCUT2D eigenvalue weighted by Gasteiger charge is -2.20. The van der Waals surface area contributed by atoms with E-state index in [4.69, 9.17) is 4.74 Å². The highest BCUT2D eigenvalue weighted by Crippen LogP contribution is 1.98. The van der Waals surface area contributed by atoms with Crippen LogP contribution < -0.4 is 0 Å². The molecule has 0 amide bonds. The third kappa shape index (κ3) is 8.51. The molecular weight excluding hydrogens is 242 g/mol. The Labute approximate surface area is 106 Å². The molecular formula is C11H19NO6. The second-order valence-electron chi connectivity index (χ2n) is 3.54. The van der Waals surface area contributed by atoms with Gasteiger partial charge in [-0.05, 0) is 0 Å². The van der Waals surface area contributed by atoms with E-state index in [0.29, 0.717) is 13.1 Å². The van der Waals surface area contributed by atoms with Crippen molar-refractivity contribution in [3.05, 3.63) is 0 Å². The zero-order chi connectivity index (χ0) is 14.0. The van der Waals surface area contributed by atoms with Gasteiger partial charge in [0.15, 0.2) is 0 Å². The van der Waals surface area contributed by atoms with Crippen molar-refractivity contribution in [2.45, 2.75) is 19.8 Å². The van der Waals surface area contributed by atoms with Crippen molar-refractivity contribution in [2.24, 2.45) is 0 Å². The maximum atomic E-state index is 11.0. The van der Waals surface area contributed by atoms with Crippen LogP contribution in [0.15, 0.2) is 0 Å². The predicted octanol–water partition coefficient (Wildman–Crippen LogP) is -0.0648. The van der Waals surface area contributed by atoms with Crippen molar-refractivity contribution < 1.29 is 28.6 Å². The molecule has 18 heavy (non-hydrogen) atoms. The van der Waals surface area contributed by atoms with Crippen molar-refractivity contribution in [2.75, 3.05) is 34.0 Å². The summed E-state index contributed by atoms with van der Waals surface area (Å²) in [5, 5.41) is 0. The summed E-state index contributed by atoms with van der Waals surface area (Å²) >= 11 is 0. The molecule has 0 unspecified atom stereocenters. The largest absolute Gasteiger partial charge is 0.469 e. The predicted molar refractivity (Wildman–Crippen MR) is 61.5 cm³/mol. The molecule has 0 spiro atoms. The Morgan fingerprint density at radius 1 is 0.944 bits per heavy atom. The van der Waals surface area contributed by atoms with Crippen LogP contribution in [-0.2, 0) is 28.6 Å². The normalized spacial score (nSPS) is 10.0. The summed E-state index contributed by atoms with van der Waals surface area (Å²) in [7, 11) is 2.60. The number of carbonyl (C=O) groups excluding carboxylic acids is 3. The van der Waals surface area contributed by atoms with E-state index in [-0.39, 0.29) is 31.5 Å². The second kappa shape index (κ2) is 9.41. The number of carbonyl (C=O) groups is 3. The Hall–Kier alpha value is -1.63. The summed E-state index contributed by atoms with van der Waals surface area (Å²) in [4.78, 5) is 34.4. The van der Waals surface area contributed by atoms with E-state index in [1.165, 1.54) is 21.1 Å². The van der Waals surface area contributed by atoms with Gasteiger partial charge in [-0.1, -0.05) is 0 Å². The highest BCUT2D eigenvalue weighted by molar-refractivity contribution is 5.70. The molecule has 0 bridgehead atoms. The molecule has 0 rings (SSSR count). The van der Waals surface area contributed by atoms with Gasteiger partial charge in [0.2, 0.25) is 0 Å². The molecule has 0 heterocycles. The van der Waals surface area contributed by atoms with Crippen molar-refractivity contribution in [3.63, 3.8) is 0 Å². The maximum absolute atomic E-state index is 11.0. The van der Waals surface area contributed by atoms with E-state index >= 15 is 0 Å². The van der Waals surface area contributed by atoms with Crippen LogP contribution >= 0.6 is 0 Å². The van der Waals surface area contributed by atoms with Crippen LogP contribution in [0.25, 0.3) is 0 Å². The highest BCUT2D eigenvalue weighted by atomic mass is 16.5. The first-order valence-corrected chi connectivity index (χ1v) is 5.49. The second-order valence-corrected chi connectivity index (χ2v) is 3.54. The SMILES string of the molecule is COC(=O)CCN(CCC(=O)OC)COC(C)=O. The molecule has 0 aliphatic heterocycles. The molecule has 0 aliphatic rings. The summed E-state index contributed by atoms with van der Waals surface area (Å²) in [6.07, 6.45) is 0.331. The Kier molecular flexibility index (Phi) is 8.55. The highest BCUT2D eigenvalue weighted by Gasteiger charge is 2.12. The Morgan fingerprint density at radius 3 is 1.72 bits per heavy atom. The van der Waals surface area contributed by atoms with E-state index in [2.05, 4.69) is 9.47 Å². The number of rotatable bonds is 8. The molecule has 0 saturated carbocycles. The van der Waals surface area contributed by atoms with Gasteiger partial charge >= 0.3 is 17.9 Å². The summed E-state index contributed by atoms with van der Waals surface area (Å²) < 4.78 is 13.8. The zero-order valence-corrected chi connectivity index (χ0v) is 10.9. The summed E-state index contributed by atoms with van der Waals surface area (Å²) in [6, 6.07) is 0. The number of nitrogens with zero attached hydrogens (tertiary/aromatic N) is 1. The number of methoxy groups -OCH3 is 2. The molecule has 7 heteroatoms. The van der Waals surface area contributed by atoms with E-state index in [1.54, 1.807) is 4.90 Å². The molecule has 0 radical (unpaired) electrons. The lowest BCUT2D eigenvalue weighted by molar-refractivity contribution is -0.147. The zero-order valence-electron chi connectivity index (χ0n) is 10.9. The quantitative estimate of drug-likeness (QED) is 0.344. The van der Waals surface area contributed by atoms with Crippen LogP contribution in [0.2, 0.25) is 0 Å². The van der Waals surface area contributed by atoms with Crippen molar-refractivity contribution in [1.29, 1.82) is 0 Å². The number of esters is 3. The van der Waals surface area contributed by atoms with Gasteiger partial charge in [0, 0.05) is 20.0 Å². The maximum Gasteiger partial charge on any atom is 0.306 e. The summed E-state index contributed by atoms with van der Waals surface area (Å²) in [6.45, 7) is 2.01. The monoisotopic (exact) mass is 261 g/mol. The first-order chi connectivity index (χ1) is 8.49. The van der Waals surface area contributed by atoms with Gasteiger partial charge in [-0.15, -0.1) is 0 Å². The van der Waals surface area contributed by atoms with Crippen LogP contribution in [0.4, 0.5) is 0 Å². The summed E-state index contributed by atoms with van der Waals surface area (Å²) in [5.41, 5.74) is 0. The topological polar surface area (TPSA) is 82.1 Å².